The van der Waals surface area contributed by atoms with E-state index < -0.39 is 9.84 Å². The smallest absolute Gasteiger partial charge is 0.151 e. The van der Waals surface area contributed by atoms with E-state index in [1.807, 2.05) is 0 Å². The fourth-order valence-corrected chi connectivity index (χ4v) is 5.34. The molecule has 0 radical (unpaired) electrons. The maximum atomic E-state index is 11.6. The Hall–Kier alpha value is -0.130. The fourth-order valence-electron chi connectivity index (χ4n) is 3.58. The molecule has 2 atom stereocenters. The van der Waals surface area contributed by atoms with Gasteiger partial charge in [-0.05, 0) is 51.6 Å². The molecule has 0 spiro atoms. The zero-order valence-corrected chi connectivity index (χ0v) is 12.0. The quantitative estimate of drug-likeness (QED) is 0.801. The van der Waals surface area contributed by atoms with Crippen molar-refractivity contribution in [1.82, 2.24) is 10.2 Å². The molecule has 18 heavy (non-hydrogen) atoms. The Balaban J connectivity index is 1.71. The molecule has 2 unspecified atom stereocenters. The number of nitrogens with zero attached hydrogens (tertiary/aromatic N) is 1. The van der Waals surface area contributed by atoms with Gasteiger partial charge in [-0.2, -0.15) is 0 Å². The molecule has 5 heteroatoms. The van der Waals surface area contributed by atoms with Crippen LogP contribution in [0.2, 0.25) is 0 Å². The molecule has 0 aromatic rings. The van der Waals surface area contributed by atoms with Crippen LogP contribution in [-0.4, -0.2) is 56.0 Å². The third-order valence-corrected chi connectivity index (χ3v) is 6.64. The summed E-state index contributed by atoms with van der Waals surface area (Å²) < 4.78 is 23.3. The lowest BCUT2D eigenvalue weighted by atomic mass is 9.94. The molecule has 104 valence electrons. The van der Waals surface area contributed by atoms with Crippen molar-refractivity contribution in [3.63, 3.8) is 0 Å². The first kappa shape index (κ1) is 12.9. The Kier molecular flexibility index (Phi) is 3.19. The summed E-state index contributed by atoms with van der Waals surface area (Å²) in [5, 5.41) is 3.70. The van der Waals surface area contributed by atoms with Crippen LogP contribution in [-0.2, 0) is 9.84 Å². The van der Waals surface area contributed by atoms with E-state index in [0.717, 1.165) is 38.4 Å². The van der Waals surface area contributed by atoms with E-state index in [1.165, 1.54) is 12.8 Å². The lowest BCUT2D eigenvalue weighted by molar-refractivity contribution is 0.162. The number of sulfone groups is 1. The first-order chi connectivity index (χ1) is 8.49. The van der Waals surface area contributed by atoms with Gasteiger partial charge in [0.05, 0.1) is 11.5 Å². The first-order valence-electron chi connectivity index (χ1n) is 7.18. The number of hydrogen-bond acceptors (Lipinski definition) is 4. The lowest BCUT2D eigenvalue weighted by Gasteiger charge is -2.36. The third kappa shape index (κ3) is 2.58. The van der Waals surface area contributed by atoms with E-state index >= 15 is 0 Å². The van der Waals surface area contributed by atoms with Crippen molar-refractivity contribution in [2.24, 2.45) is 5.92 Å². The minimum absolute atomic E-state index is 0.211. The standard InChI is InChI=1S/C13H24N2O2S/c1-13(11-3-4-11)10-15(7-2-6-14-13)12-5-8-18(16,17)9-12/h11-12,14H,2-10H2,1H3. The van der Waals surface area contributed by atoms with E-state index in [9.17, 15) is 8.42 Å². The van der Waals surface area contributed by atoms with Crippen LogP contribution in [0.25, 0.3) is 0 Å². The monoisotopic (exact) mass is 272 g/mol. The highest BCUT2D eigenvalue weighted by atomic mass is 32.2. The van der Waals surface area contributed by atoms with Crippen molar-refractivity contribution >= 4 is 9.84 Å². The Morgan fingerprint density at radius 1 is 1.28 bits per heavy atom. The van der Waals surface area contributed by atoms with Crippen LogP contribution in [0, 0.1) is 5.92 Å². The molecule has 2 heterocycles. The van der Waals surface area contributed by atoms with E-state index in [0.29, 0.717) is 11.5 Å². The van der Waals surface area contributed by atoms with Crippen LogP contribution < -0.4 is 5.32 Å². The van der Waals surface area contributed by atoms with Crippen LogP contribution in [0.15, 0.2) is 0 Å². The van der Waals surface area contributed by atoms with Gasteiger partial charge in [0, 0.05) is 18.1 Å². The van der Waals surface area contributed by atoms with Gasteiger partial charge in [0.15, 0.2) is 9.84 Å². The second kappa shape index (κ2) is 4.46. The van der Waals surface area contributed by atoms with Crippen molar-refractivity contribution in [3.8, 4) is 0 Å². The summed E-state index contributed by atoms with van der Waals surface area (Å²) in [5.41, 5.74) is 0.211. The summed E-state index contributed by atoms with van der Waals surface area (Å²) >= 11 is 0. The Morgan fingerprint density at radius 2 is 2.06 bits per heavy atom. The van der Waals surface area contributed by atoms with Gasteiger partial charge >= 0.3 is 0 Å². The predicted molar refractivity (Wildman–Crippen MR) is 72.4 cm³/mol. The van der Waals surface area contributed by atoms with Crippen LogP contribution >= 0.6 is 0 Å². The average Bonchev–Trinajstić information content (AvgIpc) is 3.08. The molecule has 3 rings (SSSR count). The normalized spacial score (nSPS) is 41.7. The summed E-state index contributed by atoms with van der Waals surface area (Å²) in [6, 6.07) is 0.271. The third-order valence-electron chi connectivity index (χ3n) is 4.89. The second-order valence-electron chi connectivity index (χ2n) is 6.50. The van der Waals surface area contributed by atoms with Crippen LogP contribution in [0.3, 0.4) is 0 Å². The molecule has 0 aromatic heterocycles. The van der Waals surface area contributed by atoms with E-state index in [1.54, 1.807) is 0 Å². The molecule has 2 saturated heterocycles. The molecule has 3 fully saturated rings. The summed E-state index contributed by atoms with van der Waals surface area (Å²) in [6.45, 7) is 5.47. The fraction of sp³-hybridized carbons (Fsp3) is 1.00. The van der Waals surface area contributed by atoms with E-state index in [-0.39, 0.29) is 11.6 Å². The van der Waals surface area contributed by atoms with Gasteiger partial charge in [0.25, 0.3) is 0 Å². The summed E-state index contributed by atoms with van der Waals surface area (Å²) in [5.74, 6) is 1.58. The molecular formula is C13H24N2O2S. The second-order valence-corrected chi connectivity index (χ2v) is 8.73. The van der Waals surface area contributed by atoms with Gasteiger partial charge in [-0.15, -0.1) is 0 Å². The Labute approximate surface area is 110 Å². The summed E-state index contributed by atoms with van der Waals surface area (Å²) in [4.78, 5) is 2.45. The lowest BCUT2D eigenvalue weighted by Crippen LogP contribution is -2.53. The highest BCUT2D eigenvalue weighted by Gasteiger charge is 2.45. The van der Waals surface area contributed by atoms with Gasteiger partial charge in [0.1, 0.15) is 0 Å². The van der Waals surface area contributed by atoms with Gasteiger partial charge in [0.2, 0.25) is 0 Å². The van der Waals surface area contributed by atoms with Gasteiger partial charge < -0.3 is 5.32 Å². The molecule has 1 aliphatic carbocycles. The zero-order chi connectivity index (χ0) is 12.8. The number of rotatable bonds is 2. The Bertz CT molecular complexity index is 419. The molecule has 0 aromatic carbocycles. The summed E-state index contributed by atoms with van der Waals surface area (Å²) in [6.07, 6.45) is 4.64. The van der Waals surface area contributed by atoms with Crippen molar-refractivity contribution in [2.45, 2.75) is 44.2 Å². The molecule has 0 bridgehead atoms. The highest BCUT2D eigenvalue weighted by molar-refractivity contribution is 7.91. The largest absolute Gasteiger partial charge is 0.310 e. The van der Waals surface area contributed by atoms with Crippen LogP contribution in [0.5, 0.6) is 0 Å². The molecular weight excluding hydrogens is 248 g/mol. The van der Waals surface area contributed by atoms with E-state index in [4.69, 9.17) is 0 Å². The van der Waals surface area contributed by atoms with Crippen molar-refractivity contribution < 1.29 is 8.42 Å². The number of hydrogen-bond donors (Lipinski definition) is 1. The SMILES string of the molecule is CC1(C2CC2)CN(C2CCS(=O)(=O)C2)CCCN1. The van der Waals surface area contributed by atoms with Gasteiger partial charge in [-0.1, -0.05) is 0 Å². The summed E-state index contributed by atoms with van der Waals surface area (Å²) in [7, 11) is -2.76. The van der Waals surface area contributed by atoms with Crippen LogP contribution in [0.4, 0.5) is 0 Å². The molecule has 2 aliphatic heterocycles. The molecule has 3 aliphatic rings. The van der Waals surface area contributed by atoms with Gasteiger partial charge in [-0.25, -0.2) is 8.42 Å². The molecule has 1 saturated carbocycles. The maximum Gasteiger partial charge on any atom is 0.151 e. The molecule has 4 nitrogen and oxygen atoms in total. The maximum absolute atomic E-state index is 11.6. The minimum atomic E-state index is -2.76. The first-order valence-corrected chi connectivity index (χ1v) is 9.00. The predicted octanol–water partition coefficient (Wildman–Crippen LogP) is 0.638. The van der Waals surface area contributed by atoms with Gasteiger partial charge in [-0.3, -0.25) is 4.90 Å². The topological polar surface area (TPSA) is 49.4 Å². The highest BCUT2D eigenvalue weighted by Crippen LogP contribution is 2.41. The Morgan fingerprint density at radius 3 is 2.67 bits per heavy atom. The molecule has 1 N–H and O–H groups in total. The van der Waals surface area contributed by atoms with Crippen molar-refractivity contribution in [1.29, 1.82) is 0 Å². The van der Waals surface area contributed by atoms with Crippen molar-refractivity contribution in [3.05, 3.63) is 0 Å². The number of nitrogens with one attached hydrogen (secondary N) is 1. The zero-order valence-electron chi connectivity index (χ0n) is 11.2. The van der Waals surface area contributed by atoms with Crippen molar-refractivity contribution in [2.75, 3.05) is 31.1 Å². The molecule has 0 amide bonds. The minimum Gasteiger partial charge on any atom is -0.310 e. The van der Waals surface area contributed by atoms with Crippen LogP contribution in [0.1, 0.15) is 32.6 Å². The van der Waals surface area contributed by atoms with E-state index in [2.05, 4.69) is 17.1 Å². The average molecular weight is 272 g/mol.